The average molecular weight is 238 g/mol. The Morgan fingerprint density at radius 2 is 1.71 bits per heavy atom. The van der Waals surface area contributed by atoms with Gasteiger partial charge in [-0.1, -0.05) is 12.2 Å². The minimum Gasteiger partial charge on any atom is -0.619 e. The zero-order valence-electron chi connectivity index (χ0n) is 3.16. The molecule has 0 saturated heterocycles. The van der Waals surface area contributed by atoms with Crippen LogP contribution in [0.15, 0.2) is 0 Å². The third-order valence-electron chi connectivity index (χ3n) is 0.0855. The minimum absolute atomic E-state index is 0. The third kappa shape index (κ3) is 18.9. The van der Waals surface area contributed by atoms with Gasteiger partial charge in [0.05, 0.1) is 0 Å². The first kappa shape index (κ1) is 15.7. The van der Waals surface area contributed by atoms with Gasteiger partial charge in [-0.05, 0) is 4.32 Å². The van der Waals surface area contributed by atoms with Gasteiger partial charge in [0.25, 0.3) is 0 Å². The topological polar surface area (TPSA) is 45.6 Å². The molecule has 0 heterocycles. The van der Waals surface area contributed by atoms with Gasteiger partial charge in [-0.2, -0.15) is 12.6 Å². The molecule has 2 nitrogen and oxygen atoms in total. The van der Waals surface area contributed by atoms with Crippen molar-refractivity contribution in [3.8, 4) is 0 Å². The van der Waals surface area contributed by atoms with Crippen LogP contribution in [0.2, 0.25) is 0 Å². The predicted molar refractivity (Wildman–Crippen MR) is 37.5 cm³/mol. The summed E-state index contributed by atoms with van der Waals surface area (Å²) in [6, 6.07) is 0. The molecule has 0 spiro atoms. The quantitative estimate of drug-likeness (QED) is 0.362. The number of thiol groups is 2. The fraction of sp³-hybridized carbons (Fsp3) is 0. The molecule has 44 valence electrons. The maximum Gasteiger partial charge on any atom is 0 e. The first-order chi connectivity index (χ1) is 2.27. The van der Waals surface area contributed by atoms with Gasteiger partial charge in [0, 0.05) is 21.1 Å². The zero-order valence-corrected chi connectivity index (χ0v) is 7.77. The van der Waals surface area contributed by atoms with Gasteiger partial charge in [-0.3, -0.25) is 12.8 Å². The Kier molecular flexibility index (Phi) is 23.1. The average Bonchev–Trinajstić information content (AvgIpc) is 1.38. The summed E-state index contributed by atoms with van der Waals surface area (Å²) in [5.74, 6) is 0. The molecule has 0 aliphatic rings. The van der Waals surface area contributed by atoms with Crippen molar-refractivity contribution in [2.45, 2.75) is 0 Å². The van der Waals surface area contributed by atoms with E-state index in [4.69, 9.17) is 0 Å². The molecule has 0 atom stereocenters. The molecule has 0 aromatic carbocycles. The van der Waals surface area contributed by atoms with E-state index < -0.39 is 0 Å². The molecular formula is CH4MoNOS3-. The van der Waals surface area contributed by atoms with Gasteiger partial charge < -0.3 is 10.2 Å². The molecule has 0 rings (SSSR count). The van der Waals surface area contributed by atoms with E-state index in [-0.39, 0.29) is 30.9 Å². The van der Waals surface area contributed by atoms with Crippen molar-refractivity contribution in [3.05, 3.63) is 4.72 Å². The van der Waals surface area contributed by atoms with Crippen LogP contribution in [0.25, 0.3) is 4.72 Å². The van der Waals surface area contributed by atoms with Crippen LogP contribution in [0.5, 0.6) is 0 Å². The predicted octanol–water partition coefficient (Wildman–Crippen LogP) is 0.592. The molecule has 2 N–H and O–H groups in total. The van der Waals surface area contributed by atoms with E-state index >= 15 is 0 Å². The van der Waals surface area contributed by atoms with E-state index in [9.17, 15) is 0 Å². The second kappa shape index (κ2) is 10.3. The Labute approximate surface area is 73.0 Å². The number of nitrogens with zero attached hydrogens (tertiary/aromatic N) is 1. The van der Waals surface area contributed by atoms with E-state index in [1.165, 1.54) is 0 Å². The van der Waals surface area contributed by atoms with E-state index in [1.807, 2.05) is 0 Å². The fourth-order valence-electron chi connectivity index (χ4n) is 0. The maximum atomic E-state index is 4.32. The Morgan fingerprint density at radius 1 is 1.57 bits per heavy atom. The second-order valence-electron chi connectivity index (χ2n) is 0.383. The molecular weight excluding hydrogens is 234 g/mol. The normalized spacial score (nSPS) is 4.86. The third-order valence-corrected chi connectivity index (χ3v) is 0.770. The maximum absolute atomic E-state index is 4.32. The summed E-state index contributed by atoms with van der Waals surface area (Å²) in [6.07, 6.45) is 0. The van der Waals surface area contributed by atoms with Gasteiger partial charge in [0.2, 0.25) is 0 Å². The number of hydrogen-bond acceptors (Lipinski definition) is 2. The van der Waals surface area contributed by atoms with Crippen molar-refractivity contribution in [1.29, 1.82) is 0 Å². The Morgan fingerprint density at radius 3 is 1.71 bits per heavy atom. The number of hydrogen-bond donors (Lipinski definition) is 2. The Balaban J connectivity index is -0.0000000800. The molecule has 0 amide bonds. The fourth-order valence-corrected chi connectivity index (χ4v) is 0. The first-order valence-electron chi connectivity index (χ1n) is 0.851. The van der Waals surface area contributed by atoms with E-state index in [0.717, 1.165) is 0 Å². The smallest absolute Gasteiger partial charge is 0 e. The number of thiocarbonyl (C=S) groups is 1. The van der Waals surface area contributed by atoms with Gasteiger partial charge >= 0.3 is 0 Å². The molecule has 0 bridgehead atoms. The largest absolute Gasteiger partial charge is 0.619 e. The molecule has 7 heavy (non-hydrogen) atoms. The van der Waals surface area contributed by atoms with Crippen LogP contribution in [0.4, 0.5) is 0 Å². The standard InChI is InChI=1S/CH3NS3.Mo.H2O/c3-1(4)2-5;;/h(H3,2,3,4,5);;1H2/p-1. The summed E-state index contributed by atoms with van der Waals surface area (Å²) >= 11 is 11.3. The van der Waals surface area contributed by atoms with E-state index in [2.05, 4.69) is 42.4 Å². The second-order valence-corrected chi connectivity index (χ2v) is 1.70. The van der Waals surface area contributed by atoms with Gasteiger partial charge in [-0.15, -0.1) is 0 Å². The summed E-state index contributed by atoms with van der Waals surface area (Å²) in [5.41, 5.74) is 0. The van der Waals surface area contributed by atoms with Crippen molar-refractivity contribution in [3.63, 3.8) is 0 Å². The Bertz CT molecular complexity index is 50.2. The molecule has 0 aromatic heterocycles. The summed E-state index contributed by atoms with van der Waals surface area (Å²) in [6.45, 7) is 0. The monoisotopic (exact) mass is 240 g/mol. The van der Waals surface area contributed by atoms with Crippen LogP contribution in [0, 0.1) is 0 Å². The van der Waals surface area contributed by atoms with E-state index in [1.54, 1.807) is 0 Å². The SMILES string of the molecule is O.S=C(S)[N-]S.[Mo]. The van der Waals surface area contributed by atoms with Crippen LogP contribution >= 0.6 is 37.7 Å². The molecule has 0 aliphatic carbocycles. The van der Waals surface area contributed by atoms with Crippen LogP contribution in [-0.2, 0) is 21.1 Å². The molecule has 6 heteroatoms. The van der Waals surface area contributed by atoms with E-state index in [0.29, 0.717) is 0 Å². The van der Waals surface area contributed by atoms with Crippen molar-refractivity contribution >= 4 is 42.0 Å². The molecule has 0 unspecified atom stereocenters. The van der Waals surface area contributed by atoms with Crippen molar-refractivity contribution in [1.82, 2.24) is 0 Å². The van der Waals surface area contributed by atoms with Crippen LogP contribution in [-0.4, -0.2) is 9.80 Å². The molecule has 0 aliphatic heterocycles. The Hall–Kier alpha value is 1.24. The molecule has 0 aromatic rings. The molecule has 0 radical (unpaired) electrons. The van der Waals surface area contributed by atoms with Gasteiger partial charge in [0.15, 0.2) is 0 Å². The van der Waals surface area contributed by atoms with Crippen LogP contribution in [0.1, 0.15) is 0 Å². The van der Waals surface area contributed by atoms with Crippen LogP contribution in [0.3, 0.4) is 0 Å². The van der Waals surface area contributed by atoms with Crippen molar-refractivity contribution in [2.75, 3.05) is 0 Å². The van der Waals surface area contributed by atoms with Crippen LogP contribution < -0.4 is 0 Å². The number of rotatable bonds is 0. The first-order valence-corrected chi connectivity index (χ1v) is 2.11. The van der Waals surface area contributed by atoms with Crippen molar-refractivity contribution in [2.24, 2.45) is 0 Å². The van der Waals surface area contributed by atoms with Gasteiger partial charge in [0.1, 0.15) is 0 Å². The summed E-state index contributed by atoms with van der Waals surface area (Å²) < 4.78 is 3.45. The minimum atomic E-state index is 0. The van der Waals surface area contributed by atoms with Crippen molar-refractivity contribution < 1.29 is 26.5 Å². The summed E-state index contributed by atoms with van der Waals surface area (Å²) in [4.78, 5) is 0. The van der Waals surface area contributed by atoms with Gasteiger partial charge in [-0.25, -0.2) is 0 Å². The molecule has 0 saturated carbocycles. The zero-order chi connectivity index (χ0) is 4.28. The summed E-state index contributed by atoms with van der Waals surface area (Å²) in [5, 5.41) is 0. The summed E-state index contributed by atoms with van der Waals surface area (Å²) in [7, 11) is 0. The molecule has 0 fully saturated rings.